The molecule has 0 saturated heterocycles. The van der Waals surface area contributed by atoms with Gasteiger partial charge in [-0.05, 0) is 29.5 Å². The number of H-pyrrole nitrogens is 1. The predicted molar refractivity (Wildman–Crippen MR) is 126 cm³/mol. The highest BCUT2D eigenvalue weighted by Gasteiger charge is 2.13. The highest BCUT2D eigenvalue weighted by molar-refractivity contribution is 14.0. The lowest BCUT2D eigenvalue weighted by molar-refractivity contribution is 0.582. The molecule has 0 aliphatic heterocycles. The molecule has 0 fully saturated rings. The number of rotatable bonds is 8. The number of halogens is 1. The maximum atomic E-state index is 12.0. The largest absolute Gasteiger partial charge is 0.361 e. The first-order valence-corrected chi connectivity index (χ1v) is 11.0. The van der Waals surface area contributed by atoms with Gasteiger partial charge in [0.1, 0.15) is 4.21 Å². The number of hydrogen-bond donors (Lipinski definition) is 4. The Labute approximate surface area is 186 Å². The number of aromatic amines is 1. The Balaban J connectivity index is 0.00000280. The monoisotopic (exact) mass is 533 g/mol. The van der Waals surface area contributed by atoms with E-state index in [0.717, 1.165) is 18.5 Å². The number of para-hydroxylation sites is 1. The number of guanidine groups is 1. The van der Waals surface area contributed by atoms with Gasteiger partial charge in [-0.3, -0.25) is 4.99 Å². The molecule has 2 heterocycles. The van der Waals surface area contributed by atoms with Crippen molar-refractivity contribution in [1.29, 1.82) is 0 Å². The van der Waals surface area contributed by atoms with Crippen LogP contribution in [0, 0.1) is 0 Å². The Kier molecular flexibility index (Phi) is 8.73. The first-order chi connectivity index (χ1) is 13.1. The van der Waals surface area contributed by atoms with Crippen LogP contribution in [0.25, 0.3) is 10.9 Å². The summed E-state index contributed by atoms with van der Waals surface area (Å²) in [6.45, 7) is 1.45. The Hall–Kier alpha value is -1.63. The van der Waals surface area contributed by atoms with Gasteiger partial charge < -0.3 is 15.6 Å². The van der Waals surface area contributed by atoms with Crippen molar-refractivity contribution in [3.8, 4) is 0 Å². The van der Waals surface area contributed by atoms with Crippen LogP contribution in [0.4, 0.5) is 0 Å². The van der Waals surface area contributed by atoms with Crippen molar-refractivity contribution in [3.05, 3.63) is 53.5 Å². The molecule has 4 N–H and O–H groups in total. The average Bonchev–Trinajstić information content (AvgIpc) is 3.34. The zero-order chi connectivity index (χ0) is 19.1. The maximum absolute atomic E-state index is 12.0. The summed E-state index contributed by atoms with van der Waals surface area (Å²) in [5.74, 6) is 0.644. The van der Waals surface area contributed by atoms with E-state index in [-0.39, 0.29) is 30.5 Å². The van der Waals surface area contributed by atoms with Crippen LogP contribution < -0.4 is 15.4 Å². The van der Waals surface area contributed by atoms with Gasteiger partial charge in [0, 0.05) is 43.8 Å². The molecule has 0 aliphatic carbocycles. The SMILES string of the molecule is CN=C(NCCNS(=O)(=O)c1cccs1)NCCc1c[nH]c2ccccc12.I. The van der Waals surface area contributed by atoms with Crippen LogP contribution >= 0.6 is 35.3 Å². The molecule has 7 nitrogen and oxygen atoms in total. The normalized spacial score (nSPS) is 12.0. The standard InChI is InChI=1S/C18H23N5O2S2.HI/c1-19-18(21-10-11-23-27(24,25)17-7-4-12-26-17)20-9-8-14-13-22-16-6-3-2-5-15(14)16;/h2-7,12-13,22-23H,8-11H2,1H3,(H2,19,20,21);1H. The van der Waals surface area contributed by atoms with Crippen LogP contribution in [0.15, 0.2) is 57.2 Å². The number of hydrogen-bond acceptors (Lipinski definition) is 4. The Morgan fingerprint density at radius 1 is 1.11 bits per heavy atom. The first-order valence-electron chi connectivity index (χ1n) is 8.63. The van der Waals surface area contributed by atoms with Gasteiger partial charge in [0.15, 0.2) is 5.96 Å². The van der Waals surface area contributed by atoms with E-state index in [1.165, 1.54) is 22.3 Å². The summed E-state index contributed by atoms with van der Waals surface area (Å²) in [6.07, 6.45) is 2.89. The van der Waals surface area contributed by atoms with Crippen LogP contribution in [0.2, 0.25) is 0 Å². The molecular formula is C18H24IN5O2S2. The molecule has 0 aliphatic rings. The predicted octanol–water partition coefficient (Wildman–Crippen LogP) is 2.53. The fourth-order valence-corrected chi connectivity index (χ4v) is 4.80. The molecule has 0 spiro atoms. The average molecular weight is 533 g/mol. The summed E-state index contributed by atoms with van der Waals surface area (Å²) < 4.78 is 27.0. The van der Waals surface area contributed by atoms with E-state index in [0.29, 0.717) is 16.7 Å². The van der Waals surface area contributed by atoms with Gasteiger partial charge in [-0.2, -0.15) is 0 Å². The fourth-order valence-electron chi connectivity index (χ4n) is 2.73. The third kappa shape index (κ3) is 5.93. The van der Waals surface area contributed by atoms with Crippen LogP contribution in [-0.2, 0) is 16.4 Å². The second kappa shape index (κ2) is 10.8. The van der Waals surface area contributed by atoms with Crippen molar-refractivity contribution in [1.82, 2.24) is 20.3 Å². The number of sulfonamides is 1. The number of nitrogens with one attached hydrogen (secondary N) is 4. The lowest BCUT2D eigenvalue weighted by atomic mass is 10.1. The lowest BCUT2D eigenvalue weighted by Gasteiger charge is -2.12. The van der Waals surface area contributed by atoms with E-state index < -0.39 is 10.0 Å². The summed E-state index contributed by atoms with van der Waals surface area (Å²) in [5, 5.41) is 9.33. The zero-order valence-electron chi connectivity index (χ0n) is 15.4. The molecule has 28 heavy (non-hydrogen) atoms. The van der Waals surface area contributed by atoms with Gasteiger partial charge in [0.25, 0.3) is 0 Å². The quantitative estimate of drug-likeness (QED) is 0.155. The number of fused-ring (bicyclic) bond motifs is 1. The second-order valence-electron chi connectivity index (χ2n) is 5.87. The lowest BCUT2D eigenvalue weighted by Crippen LogP contribution is -2.42. The zero-order valence-corrected chi connectivity index (χ0v) is 19.4. The van der Waals surface area contributed by atoms with Gasteiger partial charge in [-0.25, -0.2) is 13.1 Å². The summed E-state index contributed by atoms with van der Waals surface area (Å²) in [6, 6.07) is 11.5. The van der Waals surface area contributed by atoms with Crippen molar-refractivity contribution in [2.75, 3.05) is 26.7 Å². The molecule has 1 aromatic carbocycles. The molecule has 0 atom stereocenters. The Bertz CT molecular complexity index is 1000. The third-order valence-corrected chi connectivity index (χ3v) is 6.91. The molecule has 0 unspecified atom stereocenters. The first kappa shape index (κ1) is 22.7. The number of benzene rings is 1. The van der Waals surface area contributed by atoms with Crippen molar-refractivity contribution in [2.45, 2.75) is 10.6 Å². The number of thiophene rings is 1. The van der Waals surface area contributed by atoms with Crippen molar-refractivity contribution in [3.63, 3.8) is 0 Å². The maximum Gasteiger partial charge on any atom is 0.250 e. The second-order valence-corrected chi connectivity index (χ2v) is 8.81. The number of nitrogens with zero attached hydrogens (tertiary/aromatic N) is 1. The Morgan fingerprint density at radius 3 is 2.64 bits per heavy atom. The summed E-state index contributed by atoms with van der Waals surface area (Å²) in [5.41, 5.74) is 2.38. The van der Waals surface area contributed by atoms with E-state index in [9.17, 15) is 8.42 Å². The number of aromatic nitrogens is 1. The third-order valence-electron chi connectivity index (χ3n) is 4.05. The minimum atomic E-state index is -3.42. The van der Waals surface area contributed by atoms with Crippen molar-refractivity contribution in [2.24, 2.45) is 4.99 Å². The van der Waals surface area contributed by atoms with Crippen molar-refractivity contribution < 1.29 is 8.42 Å². The molecular weight excluding hydrogens is 509 g/mol. The van der Waals surface area contributed by atoms with Crippen LogP contribution in [0.1, 0.15) is 5.56 Å². The summed E-state index contributed by atoms with van der Waals surface area (Å²) in [7, 11) is -1.73. The molecule has 152 valence electrons. The van der Waals surface area contributed by atoms with Crippen molar-refractivity contribution >= 4 is 62.2 Å². The molecule has 3 aromatic rings. The molecule has 0 bridgehead atoms. The van der Waals surface area contributed by atoms with Crippen LogP contribution in [0.5, 0.6) is 0 Å². The van der Waals surface area contributed by atoms with Gasteiger partial charge in [0.2, 0.25) is 10.0 Å². The van der Waals surface area contributed by atoms with E-state index >= 15 is 0 Å². The highest BCUT2D eigenvalue weighted by Crippen LogP contribution is 2.17. The number of aliphatic imine (C=N–C) groups is 1. The molecule has 0 amide bonds. The minimum absolute atomic E-state index is 0. The fraction of sp³-hybridized carbons (Fsp3) is 0.278. The van der Waals surface area contributed by atoms with Gasteiger partial charge in [0.05, 0.1) is 0 Å². The molecule has 0 saturated carbocycles. The Morgan fingerprint density at radius 2 is 1.89 bits per heavy atom. The van der Waals surface area contributed by atoms with Gasteiger partial charge in [-0.15, -0.1) is 35.3 Å². The molecule has 10 heteroatoms. The minimum Gasteiger partial charge on any atom is -0.361 e. The summed E-state index contributed by atoms with van der Waals surface area (Å²) >= 11 is 1.20. The van der Waals surface area contributed by atoms with E-state index in [1.54, 1.807) is 24.6 Å². The van der Waals surface area contributed by atoms with Gasteiger partial charge >= 0.3 is 0 Å². The van der Waals surface area contributed by atoms with E-state index in [2.05, 4.69) is 37.5 Å². The summed E-state index contributed by atoms with van der Waals surface area (Å²) in [4.78, 5) is 7.43. The topological polar surface area (TPSA) is 98.4 Å². The van der Waals surface area contributed by atoms with Crippen LogP contribution in [0.3, 0.4) is 0 Å². The molecule has 0 radical (unpaired) electrons. The van der Waals surface area contributed by atoms with Crippen LogP contribution in [-0.4, -0.2) is 46.0 Å². The smallest absolute Gasteiger partial charge is 0.250 e. The molecule has 3 rings (SSSR count). The van der Waals surface area contributed by atoms with Gasteiger partial charge in [-0.1, -0.05) is 24.3 Å². The van der Waals surface area contributed by atoms with E-state index in [1.807, 2.05) is 18.3 Å². The highest BCUT2D eigenvalue weighted by atomic mass is 127. The van der Waals surface area contributed by atoms with E-state index in [4.69, 9.17) is 0 Å². The molecule has 2 aromatic heterocycles.